The molecule has 0 aromatic rings. The topological polar surface area (TPSA) is 43.4 Å². The second-order valence-electron chi connectivity index (χ2n) is 0.169. The fourth-order valence-corrected chi connectivity index (χ4v) is 0.570. The van der Waals surface area contributed by atoms with Gasteiger partial charge in [-0.25, -0.2) is 0 Å². The maximum atomic E-state index is 9.28. The molecule has 0 N–H and O–H groups in total. The van der Waals surface area contributed by atoms with Gasteiger partial charge in [0.2, 0.25) is 0 Å². The second kappa shape index (κ2) is 4.83. The third-order valence-corrected chi connectivity index (χ3v) is 2.79. The molecular weight excluding hydrogens is 428 g/mol. The van der Waals surface area contributed by atoms with Crippen molar-refractivity contribution in [3.63, 3.8) is 0 Å². The first-order valence-corrected chi connectivity index (χ1v) is 4.73. The minimum atomic E-state index is -1.59. The van der Waals surface area contributed by atoms with Crippen molar-refractivity contribution in [1.29, 1.82) is 0 Å². The summed E-state index contributed by atoms with van der Waals surface area (Å²) in [5.41, 5.74) is 0. The van der Waals surface area contributed by atoms with Crippen LogP contribution in [0.2, 0.25) is 0 Å². The molecule has 0 fully saturated rings. The molecule has 0 saturated carbocycles. The van der Waals surface area contributed by atoms with Gasteiger partial charge in [0.05, 0.1) is 0 Å². The fraction of sp³-hybridized carbons (Fsp3) is 0. The summed E-state index contributed by atoms with van der Waals surface area (Å²) in [6, 6.07) is 0. The van der Waals surface area contributed by atoms with Crippen LogP contribution in [-0.4, -0.2) is 0 Å². The quantitative estimate of drug-likeness (QED) is 0.606. The van der Waals surface area contributed by atoms with Crippen LogP contribution >= 0.6 is 0 Å². The first kappa shape index (κ1) is 5.83. The SMILES string of the molecule is [O]=[Os][O][Os]=[O]. The molecule has 5 heavy (non-hydrogen) atoms. The molecule has 0 amide bonds. The van der Waals surface area contributed by atoms with Crippen molar-refractivity contribution in [3.05, 3.63) is 0 Å². The standard InChI is InChI=1S/3O.2Os. The van der Waals surface area contributed by atoms with Gasteiger partial charge in [-0.3, -0.25) is 0 Å². The minimum absolute atomic E-state index is 1.59. The van der Waals surface area contributed by atoms with Gasteiger partial charge in [-0.05, 0) is 0 Å². The predicted molar refractivity (Wildman–Crippen MR) is 2.46 cm³/mol. The Balaban J connectivity index is 2.65. The predicted octanol–water partition coefficient (Wildman–Crippen LogP) is -0.311. The van der Waals surface area contributed by atoms with Gasteiger partial charge >= 0.3 is 44.9 Å². The summed E-state index contributed by atoms with van der Waals surface area (Å²) in [6.07, 6.45) is 0. The normalized spacial score (nSPS) is 8.00. The molecule has 3 nitrogen and oxygen atoms in total. The van der Waals surface area contributed by atoms with Crippen LogP contribution in [0.4, 0.5) is 0 Å². The Morgan fingerprint density at radius 3 is 1.60 bits per heavy atom. The number of hydrogen-bond acceptors (Lipinski definition) is 3. The third-order valence-electron chi connectivity index (χ3n) is 0.0417. The van der Waals surface area contributed by atoms with Crippen LogP contribution in [0.25, 0.3) is 0 Å². The Labute approximate surface area is 45.0 Å². The van der Waals surface area contributed by atoms with Crippen molar-refractivity contribution in [2.75, 3.05) is 0 Å². The summed E-state index contributed by atoms with van der Waals surface area (Å²) in [5.74, 6) is 0. The van der Waals surface area contributed by atoms with Gasteiger partial charge in [-0.1, -0.05) is 0 Å². The van der Waals surface area contributed by atoms with E-state index < -0.39 is 35.5 Å². The van der Waals surface area contributed by atoms with Crippen LogP contribution in [-0.2, 0) is 44.9 Å². The summed E-state index contributed by atoms with van der Waals surface area (Å²) >= 11 is -3.17. The van der Waals surface area contributed by atoms with Crippen LogP contribution < -0.4 is 0 Å². The molecule has 0 heterocycles. The van der Waals surface area contributed by atoms with Gasteiger partial charge in [0.1, 0.15) is 0 Å². The Bertz CT molecular complexity index is 34.2. The first-order valence-electron chi connectivity index (χ1n) is 0.577. The average molecular weight is 428 g/mol. The second-order valence-corrected chi connectivity index (χ2v) is 4.38. The zero-order chi connectivity index (χ0) is 4.12. The molecule has 0 aliphatic carbocycles. The van der Waals surface area contributed by atoms with Gasteiger partial charge in [0, 0.05) is 0 Å². The Kier molecular flexibility index (Phi) is 5.64. The van der Waals surface area contributed by atoms with Crippen molar-refractivity contribution < 1.29 is 44.9 Å². The van der Waals surface area contributed by atoms with Crippen LogP contribution in [0, 0.1) is 0 Å². The van der Waals surface area contributed by atoms with E-state index in [9.17, 15) is 7.08 Å². The van der Waals surface area contributed by atoms with E-state index in [0.29, 0.717) is 0 Å². The molecular formula is O3Os2. The van der Waals surface area contributed by atoms with Crippen molar-refractivity contribution >= 4 is 0 Å². The van der Waals surface area contributed by atoms with Gasteiger partial charge in [-0.2, -0.15) is 0 Å². The summed E-state index contributed by atoms with van der Waals surface area (Å²) in [4.78, 5) is 0. The number of rotatable bonds is 2. The molecule has 0 radical (unpaired) electrons. The summed E-state index contributed by atoms with van der Waals surface area (Å²) < 4.78 is 22.6. The molecule has 0 saturated heterocycles. The Morgan fingerprint density at radius 1 is 1.20 bits per heavy atom. The van der Waals surface area contributed by atoms with E-state index in [2.05, 4.69) is 2.32 Å². The molecule has 0 aromatic carbocycles. The average Bonchev–Trinajstić information content (AvgIpc) is 1.41. The molecule has 0 aliphatic heterocycles. The van der Waals surface area contributed by atoms with Crippen molar-refractivity contribution in [1.82, 2.24) is 0 Å². The molecule has 5 heteroatoms. The summed E-state index contributed by atoms with van der Waals surface area (Å²) in [6.45, 7) is 0. The Hall–Kier alpha value is 0.833. The molecule has 0 aliphatic rings. The van der Waals surface area contributed by atoms with Crippen molar-refractivity contribution in [2.45, 2.75) is 0 Å². The van der Waals surface area contributed by atoms with E-state index in [1.807, 2.05) is 0 Å². The van der Waals surface area contributed by atoms with Gasteiger partial charge in [-0.15, -0.1) is 0 Å². The van der Waals surface area contributed by atoms with E-state index in [4.69, 9.17) is 0 Å². The van der Waals surface area contributed by atoms with E-state index in [-0.39, 0.29) is 0 Å². The monoisotopic (exact) mass is 432 g/mol. The van der Waals surface area contributed by atoms with Gasteiger partial charge in [0.15, 0.2) is 0 Å². The molecule has 0 unspecified atom stereocenters. The molecule has 0 rings (SSSR count). The van der Waals surface area contributed by atoms with Crippen LogP contribution in [0.3, 0.4) is 0 Å². The molecule has 0 bridgehead atoms. The first-order chi connectivity index (χ1) is 2.41. The van der Waals surface area contributed by atoms with Crippen molar-refractivity contribution in [2.24, 2.45) is 0 Å². The van der Waals surface area contributed by atoms with E-state index in [0.717, 1.165) is 0 Å². The van der Waals surface area contributed by atoms with Gasteiger partial charge in [0.25, 0.3) is 0 Å². The molecule has 0 aromatic heterocycles. The number of hydrogen-bond donors (Lipinski definition) is 0. The molecule has 0 spiro atoms. The zero-order valence-corrected chi connectivity index (χ0v) is 7.01. The van der Waals surface area contributed by atoms with Gasteiger partial charge < -0.3 is 0 Å². The Morgan fingerprint density at radius 2 is 1.60 bits per heavy atom. The third kappa shape index (κ3) is 4.83. The van der Waals surface area contributed by atoms with Crippen LogP contribution in [0.15, 0.2) is 0 Å². The van der Waals surface area contributed by atoms with Crippen LogP contribution in [0.5, 0.6) is 0 Å². The molecule has 0 atom stereocenters. The van der Waals surface area contributed by atoms with Crippen LogP contribution in [0.1, 0.15) is 0 Å². The zero-order valence-electron chi connectivity index (χ0n) is 1.93. The fourth-order valence-electron chi connectivity index (χ4n) is 0.00851. The summed E-state index contributed by atoms with van der Waals surface area (Å²) in [5, 5.41) is 0. The summed E-state index contributed by atoms with van der Waals surface area (Å²) in [7, 11) is 0. The van der Waals surface area contributed by atoms with E-state index in [1.165, 1.54) is 0 Å². The molecule has 34 valence electrons. The van der Waals surface area contributed by atoms with Crippen molar-refractivity contribution in [3.8, 4) is 0 Å². The maximum absolute atomic E-state index is 9.28. The van der Waals surface area contributed by atoms with E-state index in [1.54, 1.807) is 0 Å². The van der Waals surface area contributed by atoms with E-state index >= 15 is 0 Å².